The van der Waals surface area contributed by atoms with E-state index < -0.39 is 5.54 Å². The van der Waals surface area contributed by atoms with Crippen LogP contribution in [0, 0.1) is 0 Å². The molecule has 5 nitrogen and oxygen atoms in total. The van der Waals surface area contributed by atoms with Crippen LogP contribution < -0.4 is 5.73 Å². The van der Waals surface area contributed by atoms with Gasteiger partial charge in [-0.2, -0.15) is 5.10 Å². The minimum Gasteiger partial charge on any atom is -0.393 e. The molecule has 2 heterocycles. The molecule has 1 aliphatic rings. The molecular formula is C12H16N4O. The molecule has 3 N–H and O–H groups in total. The van der Waals surface area contributed by atoms with Crippen LogP contribution in [0.15, 0.2) is 24.5 Å². The predicted molar refractivity (Wildman–Crippen MR) is 63.3 cm³/mol. The van der Waals surface area contributed by atoms with Crippen molar-refractivity contribution in [2.75, 3.05) is 0 Å². The molecule has 3 rings (SSSR count). The number of hydrogen-bond donors (Lipinski definition) is 2. The van der Waals surface area contributed by atoms with Gasteiger partial charge in [0.25, 0.3) is 0 Å². The third-order valence-electron chi connectivity index (χ3n) is 3.59. The van der Waals surface area contributed by atoms with Crippen molar-refractivity contribution in [3.8, 4) is 0 Å². The number of aliphatic hydroxyl groups is 1. The lowest BCUT2D eigenvalue weighted by Gasteiger charge is -2.33. The molecule has 90 valence electrons. The van der Waals surface area contributed by atoms with Crippen LogP contribution in [0.2, 0.25) is 0 Å². The number of nitrogens with two attached hydrogens (primary N) is 1. The second-order valence-electron chi connectivity index (χ2n) is 4.84. The Morgan fingerprint density at radius 1 is 1.41 bits per heavy atom. The molecule has 0 saturated heterocycles. The highest BCUT2D eigenvalue weighted by atomic mass is 16.3. The van der Waals surface area contributed by atoms with Crippen molar-refractivity contribution < 1.29 is 5.11 Å². The number of nitrogens with zero attached hydrogens (tertiary/aromatic N) is 3. The molecule has 17 heavy (non-hydrogen) atoms. The summed E-state index contributed by atoms with van der Waals surface area (Å²) >= 11 is 0. The molecule has 0 spiro atoms. The average Bonchev–Trinajstić information content (AvgIpc) is 2.77. The molecular weight excluding hydrogens is 216 g/mol. The second kappa shape index (κ2) is 3.78. The maximum absolute atomic E-state index is 9.53. The molecule has 0 unspecified atom stereocenters. The molecule has 5 heteroatoms. The molecule has 2 aromatic heterocycles. The molecule has 2 aromatic rings. The van der Waals surface area contributed by atoms with Gasteiger partial charge in [-0.3, -0.25) is 0 Å². The zero-order valence-corrected chi connectivity index (χ0v) is 9.58. The summed E-state index contributed by atoms with van der Waals surface area (Å²) in [6.07, 6.45) is 6.45. The van der Waals surface area contributed by atoms with E-state index in [0.29, 0.717) is 0 Å². The van der Waals surface area contributed by atoms with Crippen LogP contribution in [-0.2, 0) is 5.54 Å². The molecule has 0 aromatic carbocycles. The van der Waals surface area contributed by atoms with Crippen LogP contribution in [0.4, 0.5) is 0 Å². The van der Waals surface area contributed by atoms with Gasteiger partial charge in [0.15, 0.2) is 5.65 Å². The minimum atomic E-state index is -0.410. The molecule has 1 aliphatic carbocycles. The van der Waals surface area contributed by atoms with E-state index >= 15 is 0 Å². The van der Waals surface area contributed by atoms with Crippen LogP contribution >= 0.6 is 0 Å². The summed E-state index contributed by atoms with van der Waals surface area (Å²) in [7, 11) is 0. The van der Waals surface area contributed by atoms with E-state index in [1.54, 1.807) is 10.7 Å². The number of hydrogen-bond acceptors (Lipinski definition) is 4. The topological polar surface area (TPSA) is 76.4 Å². The Hall–Kier alpha value is -1.46. The fourth-order valence-corrected chi connectivity index (χ4v) is 2.45. The SMILES string of the molecule is NC1(c2cc3ncccn3n2)CCC(O)CC1. The Morgan fingerprint density at radius 3 is 2.88 bits per heavy atom. The van der Waals surface area contributed by atoms with Gasteiger partial charge in [0.1, 0.15) is 0 Å². The molecule has 1 fully saturated rings. The van der Waals surface area contributed by atoms with E-state index in [4.69, 9.17) is 5.73 Å². The molecule has 0 amide bonds. The van der Waals surface area contributed by atoms with Crippen molar-refractivity contribution in [1.82, 2.24) is 14.6 Å². The van der Waals surface area contributed by atoms with Crippen molar-refractivity contribution in [3.63, 3.8) is 0 Å². The molecule has 0 atom stereocenters. The number of aliphatic hydroxyl groups excluding tert-OH is 1. The maximum atomic E-state index is 9.53. The quantitative estimate of drug-likeness (QED) is 0.763. The normalized spacial score (nSPS) is 29.6. The van der Waals surface area contributed by atoms with Gasteiger partial charge in [-0.15, -0.1) is 0 Å². The van der Waals surface area contributed by atoms with Gasteiger partial charge in [-0.25, -0.2) is 9.50 Å². The first-order valence-corrected chi connectivity index (χ1v) is 5.95. The fraction of sp³-hybridized carbons (Fsp3) is 0.500. The highest BCUT2D eigenvalue weighted by Crippen LogP contribution is 2.34. The Labute approximate surface area is 99.3 Å². The number of aromatic nitrogens is 3. The highest BCUT2D eigenvalue weighted by Gasteiger charge is 2.34. The fourth-order valence-electron chi connectivity index (χ4n) is 2.45. The maximum Gasteiger partial charge on any atom is 0.155 e. The first kappa shape index (κ1) is 10.7. The third-order valence-corrected chi connectivity index (χ3v) is 3.59. The Bertz CT molecular complexity index is 495. The number of rotatable bonds is 1. The largest absolute Gasteiger partial charge is 0.393 e. The lowest BCUT2D eigenvalue weighted by Crippen LogP contribution is -2.42. The third kappa shape index (κ3) is 1.81. The molecule has 0 bridgehead atoms. The van der Waals surface area contributed by atoms with Gasteiger partial charge in [-0.1, -0.05) is 0 Å². The Kier molecular flexibility index (Phi) is 2.38. The summed E-state index contributed by atoms with van der Waals surface area (Å²) in [6, 6.07) is 3.79. The highest BCUT2D eigenvalue weighted by molar-refractivity contribution is 5.40. The summed E-state index contributed by atoms with van der Waals surface area (Å²) < 4.78 is 1.75. The second-order valence-corrected chi connectivity index (χ2v) is 4.84. The first-order chi connectivity index (χ1) is 8.17. The first-order valence-electron chi connectivity index (χ1n) is 5.95. The Balaban J connectivity index is 1.97. The van der Waals surface area contributed by atoms with Crippen LogP contribution in [0.3, 0.4) is 0 Å². The summed E-state index contributed by atoms with van der Waals surface area (Å²) in [5.41, 5.74) is 7.68. The van der Waals surface area contributed by atoms with Gasteiger partial charge in [0.2, 0.25) is 0 Å². The van der Waals surface area contributed by atoms with E-state index in [2.05, 4.69) is 10.1 Å². The van der Waals surface area contributed by atoms with E-state index in [9.17, 15) is 5.11 Å². The van der Waals surface area contributed by atoms with E-state index in [1.165, 1.54) is 0 Å². The lowest BCUT2D eigenvalue weighted by atomic mass is 9.79. The van der Waals surface area contributed by atoms with E-state index in [-0.39, 0.29) is 6.10 Å². The van der Waals surface area contributed by atoms with Gasteiger partial charge in [0.05, 0.1) is 17.3 Å². The summed E-state index contributed by atoms with van der Waals surface area (Å²) in [5, 5.41) is 14.0. The average molecular weight is 232 g/mol. The van der Waals surface area contributed by atoms with Crippen LogP contribution in [0.25, 0.3) is 5.65 Å². The summed E-state index contributed by atoms with van der Waals surface area (Å²) in [4.78, 5) is 4.24. The molecule has 0 aliphatic heterocycles. The zero-order chi connectivity index (χ0) is 11.9. The number of fused-ring (bicyclic) bond motifs is 1. The van der Waals surface area contributed by atoms with E-state index in [0.717, 1.165) is 37.0 Å². The van der Waals surface area contributed by atoms with Crippen LogP contribution in [-0.4, -0.2) is 25.8 Å². The van der Waals surface area contributed by atoms with Gasteiger partial charge in [0, 0.05) is 18.5 Å². The zero-order valence-electron chi connectivity index (χ0n) is 9.58. The van der Waals surface area contributed by atoms with Crippen molar-refractivity contribution in [3.05, 3.63) is 30.2 Å². The predicted octanol–water partition coefficient (Wildman–Crippen LogP) is 0.818. The van der Waals surface area contributed by atoms with Gasteiger partial charge < -0.3 is 10.8 Å². The summed E-state index contributed by atoms with van der Waals surface area (Å²) in [6.45, 7) is 0. The van der Waals surface area contributed by atoms with Crippen molar-refractivity contribution in [2.45, 2.75) is 37.3 Å². The van der Waals surface area contributed by atoms with Crippen LogP contribution in [0.5, 0.6) is 0 Å². The standard InChI is InChI=1S/C12H16N4O/c13-12(4-2-9(17)3-5-12)10-8-11-14-6-1-7-16(11)15-10/h1,6-9,17H,2-5,13H2. The monoisotopic (exact) mass is 232 g/mol. The van der Waals surface area contributed by atoms with Crippen molar-refractivity contribution >= 4 is 5.65 Å². The van der Waals surface area contributed by atoms with Crippen molar-refractivity contribution in [2.24, 2.45) is 5.73 Å². The minimum absolute atomic E-state index is 0.207. The summed E-state index contributed by atoms with van der Waals surface area (Å²) in [5.74, 6) is 0. The Morgan fingerprint density at radius 2 is 2.18 bits per heavy atom. The lowest BCUT2D eigenvalue weighted by molar-refractivity contribution is 0.0955. The smallest absolute Gasteiger partial charge is 0.155 e. The molecule has 1 saturated carbocycles. The van der Waals surface area contributed by atoms with E-state index in [1.807, 2.05) is 18.3 Å². The van der Waals surface area contributed by atoms with Gasteiger partial charge in [-0.05, 0) is 31.7 Å². The van der Waals surface area contributed by atoms with Gasteiger partial charge >= 0.3 is 0 Å². The van der Waals surface area contributed by atoms with Crippen LogP contribution in [0.1, 0.15) is 31.4 Å². The molecule has 0 radical (unpaired) electrons. The van der Waals surface area contributed by atoms with Crippen molar-refractivity contribution in [1.29, 1.82) is 0 Å².